The first-order chi connectivity index (χ1) is 9.19. The van der Waals surface area contributed by atoms with Crippen molar-refractivity contribution in [1.29, 1.82) is 0 Å². The maximum atomic E-state index is 5.85. The number of benzene rings is 1. The quantitative estimate of drug-likeness (QED) is 0.748. The summed E-state index contributed by atoms with van der Waals surface area (Å²) in [5.41, 5.74) is 0.947. The van der Waals surface area contributed by atoms with Crippen molar-refractivity contribution in [2.45, 2.75) is 17.8 Å². The van der Waals surface area contributed by atoms with E-state index in [1.54, 1.807) is 0 Å². The average Bonchev–Trinajstić information content (AvgIpc) is 2.88. The number of hydrogen-bond acceptors (Lipinski definition) is 3. The van der Waals surface area contributed by atoms with E-state index in [1.165, 1.54) is 0 Å². The van der Waals surface area contributed by atoms with Crippen LogP contribution in [-0.2, 0) is 14.2 Å². The van der Waals surface area contributed by atoms with E-state index in [4.69, 9.17) is 49.0 Å². The van der Waals surface area contributed by atoms with Crippen LogP contribution >= 0.6 is 34.8 Å². The Hall–Kier alpha value is -0.0300. The van der Waals surface area contributed by atoms with Crippen molar-refractivity contribution < 1.29 is 14.2 Å². The summed E-state index contributed by atoms with van der Waals surface area (Å²) in [4.78, 5) is 0. The minimum absolute atomic E-state index is 0.0835. The van der Waals surface area contributed by atoms with Crippen molar-refractivity contribution in [3.8, 4) is 0 Å². The van der Waals surface area contributed by atoms with Gasteiger partial charge in [-0.05, 0) is 12.1 Å². The smallest absolute Gasteiger partial charge is 0.184 e. The first-order valence-electron chi connectivity index (χ1n) is 5.99. The van der Waals surface area contributed by atoms with Gasteiger partial charge in [0, 0.05) is 16.5 Å². The zero-order valence-electron chi connectivity index (χ0n) is 10.2. The first-order valence-corrected chi connectivity index (χ1v) is 7.34. The molecule has 0 spiro atoms. The lowest BCUT2D eigenvalue weighted by Crippen LogP contribution is -2.21. The van der Waals surface area contributed by atoms with Gasteiger partial charge in [-0.3, -0.25) is 0 Å². The van der Waals surface area contributed by atoms with E-state index >= 15 is 0 Å². The molecular weight excluding hydrogens is 310 g/mol. The van der Waals surface area contributed by atoms with Crippen LogP contribution in [0.25, 0.3) is 0 Å². The van der Waals surface area contributed by atoms with Gasteiger partial charge in [0.2, 0.25) is 0 Å². The second-order valence-electron chi connectivity index (χ2n) is 4.26. The van der Waals surface area contributed by atoms with E-state index in [-0.39, 0.29) is 17.8 Å². The second-order valence-corrected chi connectivity index (χ2v) is 5.63. The third-order valence-corrected chi connectivity index (χ3v) is 3.72. The molecule has 0 radical (unpaired) electrons. The van der Waals surface area contributed by atoms with Crippen LogP contribution < -0.4 is 0 Å². The van der Waals surface area contributed by atoms with E-state index in [9.17, 15) is 0 Å². The fraction of sp³-hybridized carbons (Fsp3) is 0.538. The number of alkyl halides is 2. The SMILES string of the molecule is ClC[C@H](Cl)COC[C@H]1CO[C@@H](c2ccc(Cl)cc2)O1. The van der Waals surface area contributed by atoms with E-state index in [2.05, 4.69) is 0 Å². The van der Waals surface area contributed by atoms with Crippen LogP contribution in [0.5, 0.6) is 0 Å². The molecule has 0 saturated carbocycles. The highest BCUT2D eigenvalue weighted by molar-refractivity contribution is 6.30. The van der Waals surface area contributed by atoms with E-state index < -0.39 is 0 Å². The molecule has 1 saturated heterocycles. The van der Waals surface area contributed by atoms with Crippen molar-refractivity contribution in [2.24, 2.45) is 0 Å². The van der Waals surface area contributed by atoms with Gasteiger partial charge in [-0.2, -0.15) is 0 Å². The molecule has 0 aromatic heterocycles. The Morgan fingerprint density at radius 2 is 2.05 bits per heavy atom. The Balaban J connectivity index is 1.75. The van der Waals surface area contributed by atoms with Gasteiger partial charge in [0.15, 0.2) is 6.29 Å². The largest absolute Gasteiger partial charge is 0.377 e. The summed E-state index contributed by atoms with van der Waals surface area (Å²) in [5.74, 6) is 0.372. The van der Waals surface area contributed by atoms with Gasteiger partial charge in [0.05, 0.1) is 25.2 Å². The topological polar surface area (TPSA) is 27.7 Å². The predicted octanol–water partition coefficient (Wildman–Crippen LogP) is 3.62. The van der Waals surface area contributed by atoms with Crippen molar-refractivity contribution in [3.63, 3.8) is 0 Å². The minimum atomic E-state index is -0.356. The molecule has 0 aliphatic carbocycles. The molecule has 3 nitrogen and oxygen atoms in total. The molecule has 1 fully saturated rings. The number of ether oxygens (including phenoxy) is 3. The number of rotatable bonds is 6. The third-order valence-electron chi connectivity index (χ3n) is 2.66. The van der Waals surface area contributed by atoms with E-state index in [0.29, 0.717) is 30.7 Å². The van der Waals surface area contributed by atoms with Crippen LogP contribution in [0.4, 0.5) is 0 Å². The van der Waals surface area contributed by atoms with Crippen molar-refractivity contribution in [3.05, 3.63) is 34.9 Å². The maximum absolute atomic E-state index is 5.85. The summed E-state index contributed by atoms with van der Waals surface area (Å²) in [6.07, 6.45) is -0.439. The highest BCUT2D eigenvalue weighted by atomic mass is 35.5. The van der Waals surface area contributed by atoms with Crippen LogP contribution in [0.2, 0.25) is 5.02 Å². The molecule has 1 heterocycles. The fourth-order valence-corrected chi connectivity index (χ4v) is 2.01. The van der Waals surface area contributed by atoms with E-state index in [1.807, 2.05) is 24.3 Å². The monoisotopic (exact) mass is 324 g/mol. The van der Waals surface area contributed by atoms with Crippen molar-refractivity contribution in [1.82, 2.24) is 0 Å². The molecule has 2 rings (SSSR count). The van der Waals surface area contributed by atoms with Crippen LogP contribution in [0.1, 0.15) is 11.9 Å². The molecular formula is C13H15Cl3O3. The Kier molecular flexibility index (Phi) is 6.20. The summed E-state index contributed by atoms with van der Waals surface area (Å²) in [6.45, 7) is 1.36. The molecule has 3 atom stereocenters. The van der Waals surface area contributed by atoms with Crippen molar-refractivity contribution >= 4 is 34.8 Å². The van der Waals surface area contributed by atoms with Crippen LogP contribution in [0.3, 0.4) is 0 Å². The lowest BCUT2D eigenvalue weighted by Gasteiger charge is -2.13. The normalized spacial score (nSPS) is 24.6. The van der Waals surface area contributed by atoms with Gasteiger partial charge < -0.3 is 14.2 Å². The minimum Gasteiger partial charge on any atom is -0.377 e. The first kappa shape index (κ1) is 15.4. The molecule has 0 bridgehead atoms. The van der Waals surface area contributed by atoms with Crippen LogP contribution in [0.15, 0.2) is 24.3 Å². The van der Waals surface area contributed by atoms with Gasteiger partial charge in [-0.1, -0.05) is 23.7 Å². The average molecular weight is 326 g/mol. The van der Waals surface area contributed by atoms with Crippen molar-refractivity contribution in [2.75, 3.05) is 25.7 Å². The zero-order valence-corrected chi connectivity index (χ0v) is 12.5. The summed E-state index contributed by atoms with van der Waals surface area (Å²) < 4.78 is 16.7. The van der Waals surface area contributed by atoms with E-state index in [0.717, 1.165) is 5.56 Å². The summed E-state index contributed by atoms with van der Waals surface area (Å²) in [7, 11) is 0. The van der Waals surface area contributed by atoms with Gasteiger partial charge in [-0.25, -0.2) is 0 Å². The number of halogens is 3. The Morgan fingerprint density at radius 3 is 2.74 bits per heavy atom. The van der Waals surface area contributed by atoms with Gasteiger partial charge >= 0.3 is 0 Å². The molecule has 19 heavy (non-hydrogen) atoms. The van der Waals surface area contributed by atoms with Gasteiger partial charge in [-0.15, -0.1) is 23.2 Å². The molecule has 0 unspecified atom stereocenters. The maximum Gasteiger partial charge on any atom is 0.184 e. The lowest BCUT2D eigenvalue weighted by molar-refractivity contribution is -0.0735. The standard InChI is InChI=1S/C13H15Cl3O3/c14-5-11(16)6-17-7-12-8-18-13(19-12)9-1-3-10(15)4-2-9/h1-4,11-13H,5-8H2/t11-,12-,13+/m0/s1. The number of hydrogen-bond donors (Lipinski definition) is 0. The second kappa shape index (κ2) is 7.67. The lowest BCUT2D eigenvalue weighted by atomic mass is 10.2. The molecule has 106 valence electrons. The molecule has 6 heteroatoms. The molecule has 1 aromatic carbocycles. The molecule has 0 N–H and O–H groups in total. The van der Waals surface area contributed by atoms with Gasteiger partial charge in [0.25, 0.3) is 0 Å². The Morgan fingerprint density at radius 1 is 1.32 bits per heavy atom. The Bertz CT molecular complexity index is 385. The van der Waals surface area contributed by atoms with Gasteiger partial charge in [0.1, 0.15) is 6.10 Å². The highest BCUT2D eigenvalue weighted by Gasteiger charge is 2.27. The summed E-state index contributed by atoms with van der Waals surface area (Å²) in [6, 6.07) is 7.40. The highest BCUT2D eigenvalue weighted by Crippen LogP contribution is 2.27. The molecule has 0 amide bonds. The Labute approximate surface area is 127 Å². The summed E-state index contributed by atoms with van der Waals surface area (Å²) >= 11 is 17.3. The third kappa shape index (κ3) is 4.78. The van der Waals surface area contributed by atoms with Crippen LogP contribution in [-0.4, -0.2) is 37.2 Å². The van der Waals surface area contributed by atoms with Crippen LogP contribution in [0, 0.1) is 0 Å². The molecule has 1 aliphatic heterocycles. The summed E-state index contributed by atoms with van der Waals surface area (Å²) in [5, 5.41) is 0.520. The molecule has 1 aromatic rings. The zero-order chi connectivity index (χ0) is 13.7. The molecule has 1 aliphatic rings. The fourth-order valence-electron chi connectivity index (χ4n) is 1.70. The predicted molar refractivity (Wildman–Crippen MR) is 76.2 cm³/mol.